The number of nitrogens with zero attached hydrogens (tertiary/aromatic N) is 1. The Bertz CT molecular complexity index is 920. The van der Waals surface area contributed by atoms with Gasteiger partial charge in [0, 0.05) is 0 Å². The van der Waals surface area contributed by atoms with Crippen molar-refractivity contribution in [1.29, 1.82) is 0 Å². The molecule has 0 aliphatic carbocycles. The molecule has 0 aliphatic rings. The average molecular weight is 328 g/mol. The van der Waals surface area contributed by atoms with Gasteiger partial charge in [-0.2, -0.15) is 0 Å². The van der Waals surface area contributed by atoms with Gasteiger partial charge in [-0.3, -0.25) is 9.52 Å². The zero-order valence-electron chi connectivity index (χ0n) is 11.8. The van der Waals surface area contributed by atoms with E-state index in [9.17, 15) is 13.2 Å². The zero-order chi connectivity index (χ0) is 16.3. The number of hydrogen-bond donors (Lipinski definition) is 1. The van der Waals surface area contributed by atoms with E-state index in [-0.39, 0.29) is 21.9 Å². The summed E-state index contributed by atoms with van der Waals surface area (Å²) in [6.45, 7) is 0. The van der Waals surface area contributed by atoms with Crippen molar-refractivity contribution in [1.82, 2.24) is 4.98 Å². The number of benzene rings is 2. The number of oxazole rings is 1. The van der Waals surface area contributed by atoms with Crippen LogP contribution in [-0.2, 0) is 10.0 Å². The molecule has 0 aliphatic heterocycles. The van der Waals surface area contributed by atoms with Gasteiger partial charge in [-0.1, -0.05) is 30.3 Å². The fourth-order valence-corrected chi connectivity index (χ4v) is 3.13. The highest BCUT2D eigenvalue weighted by molar-refractivity contribution is 7.92. The van der Waals surface area contributed by atoms with Crippen LogP contribution in [0.4, 0.5) is 5.69 Å². The van der Waals surface area contributed by atoms with Crippen molar-refractivity contribution in [3.05, 3.63) is 78.5 Å². The molecular formula is C16H12N2O4S. The molecule has 2 aromatic carbocycles. The molecule has 1 heterocycles. The van der Waals surface area contributed by atoms with Crippen LogP contribution in [-0.4, -0.2) is 19.2 Å². The molecule has 3 aromatic rings. The van der Waals surface area contributed by atoms with Crippen molar-refractivity contribution in [2.24, 2.45) is 0 Å². The van der Waals surface area contributed by atoms with Gasteiger partial charge in [0.1, 0.15) is 0 Å². The number of hydrogen-bond acceptors (Lipinski definition) is 5. The Balaban J connectivity index is 1.97. The smallest absolute Gasteiger partial charge is 0.261 e. The average Bonchev–Trinajstić information content (AvgIpc) is 3.10. The maximum Gasteiger partial charge on any atom is 0.261 e. The van der Waals surface area contributed by atoms with E-state index < -0.39 is 15.8 Å². The summed E-state index contributed by atoms with van der Waals surface area (Å²) < 4.78 is 32.2. The summed E-state index contributed by atoms with van der Waals surface area (Å²) >= 11 is 0. The zero-order valence-corrected chi connectivity index (χ0v) is 12.7. The van der Waals surface area contributed by atoms with Gasteiger partial charge in [0.05, 0.1) is 22.3 Å². The van der Waals surface area contributed by atoms with Crippen molar-refractivity contribution in [2.45, 2.75) is 4.90 Å². The standard InChI is InChI=1S/C16H12N2O4S/c19-16(15-10-17-11-22-15)13-8-4-5-9-14(13)18-23(20,21)12-6-2-1-3-7-12/h1-11,18H. The highest BCUT2D eigenvalue weighted by Crippen LogP contribution is 2.22. The molecule has 0 spiro atoms. The molecule has 0 atom stereocenters. The molecule has 0 radical (unpaired) electrons. The lowest BCUT2D eigenvalue weighted by molar-refractivity contribution is 0.101. The van der Waals surface area contributed by atoms with Crippen LogP contribution in [0.15, 0.2) is 76.5 Å². The molecule has 0 unspecified atom stereocenters. The second kappa shape index (κ2) is 6.05. The van der Waals surface area contributed by atoms with Crippen molar-refractivity contribution in [3.63, 3.8) is 0 Å². The first-order valence-corrected chi connectivity index (χ1v) is 8.16. The van der Waals surface area contributed by atoms with E-state index in [0.717, 1.165) is 6.39 Å². The van der Waals surface area contributed by atoms with E-state index in [0.29, 0.717) is 0 Å². The van der Waals surface area contributed by atoms with Gasteiger partial charge in [0.15, 0.2) is 12.2 Å². The monoisotopic (exact) mass is 328 g/mol. The third-order valence-corrected chi connectivity index (χ3v) is 4.51. The largest absolute Gasteiger partial charge is 0.440 e. The van der Waals surface area contributed by atoms with Crippen molar-refractivity contribution < 1.29 is 17.6 Å². The summed E-state index contributed by atoms with van der Waals surface area (Å²) in [4.78, 5) is 16.2. The summed E-state index contributed by atoms with van der Waals surface area (Å²) in [5.74, 6) is -0.412. The molecule has 0 fully saturated rings. The molecule has 7 heteroatoms. The number of carbonyl (C=O) groups is 1. The molecule has 1 aromatic heterocycles. The predicted octanol–water partition coefficient (Wildman–Crippen LogP) is 2.71. The van der Waals surface area contributed by atoms with Crippen LogP contribution in [0.2, 0.25) is 0 Å². The first kappa shape index (κ1) is 15.0. The molecule has 23 heavy (non-hydrogen) atoms. The molecule has 1 N–H and O–H groups in total. The molecule has 0 saturated heterocycles. The third kappa shape index (κ3) is 3.14. The molecule has 3 rings (SSSR count). The first-order valence-electron chi connectivity index (χ1n) is 6.68. The van der Waals surface area contributed by atoms with Crippen LogP contribution in [0, 0.1) is 0 Å². The third-order valence-electron chi connectivity index (χ3n) is 3.13. The first-order chi connectivity index (χ1) is 11.1. The van der Waals surface area contributed by atoms with Crippen LogP contribution in [0.5, 0.6) is 0 Å². The van der Waals surface area contributed by atoms with Gasteiger partial charge >= 0.3 is 0 Å². The van der Waals surface area contributed by atoms with Gasteiger partial charge in [-0.25, -0.2) is 13.4 Å². The Labute approximate surface area is 132 Å². The van der Waals surface area contributed by atoms with Crippen molar-refractivity contribution in [3.8, 4) is 0 Å². The Morgan fingerprint density at radius 1 is 1.00 bits per heavy atom. The summed E-state index contributed by atoms with van der Waals surface area (Å²) in [6.07, 6.45) is 2.43. The molecule has 0 saturated carbocycles. The number of ketones is 1. The van der Waals surface area contributed by atoms with Gasteiger partial charge < -0.3 is 4.42 Å². The van der Waals surface area contributed by atoms with Crippen LogP contribution in [0.1, 0.15) is 16.1 Å². The Morgan fingerprint density at radius 2 is 1.70 bits per heavy atom. The van der Waals surface area contributed by atoms with Gasteiger partial charge in [-0.05, 0) is 24.3 Å². The maximum absolute atomic E-state index is 12.4. The van der Waals surface area contributed by atoms with Crippen LogP contribution in [0.25, 0.3) is 0 Å². The van der Waals surface area contributed by atoms with Gasteiger partial charge in [-0.15, -0.1) is 0 Å². The molecule has 0 bridgehead atoms. The lowest BCUT2D eigenvalue weighted by Gasteiger charge is -2.11. The van der Waals surface area contributed by atoms with E-state index in [1.807, 2.05) is 0 Å². The summed E-state index contributed by atoms with van der Waals surface area (Å²) in [5, 5.41) is 0. The minimum Gasteiger partial charge on any atom is -0.440 e. The normalized spacial score (nSPS) is 11.1. The van der Waals surface area contributed by atoms with E-state index >= 15 is 0 Å². The molecule has 0 amide bonds. The number of aromatic nitrogens is 1. The van der Waals surface area contributed by atoms with Gasteiger partial charge in [0.2, 0.25) is 5.78 Å². The van der Waals surface area contributed by atoms with E-state index in [4.69, 9.17) is 4.42 Å². The highest BCUT2D eigenvalue weighted by Gasteiger charge is 2.20. The maximum atomic E-state index is 12.4. The van der Waals surface area contributed by atoms with Crippen molar-refractivity contribution >= 4 is 21.5 Å². The van der Waals surface area contributed by atoms with Crippen LogP contribution >= 0.6 is 0 Å². The lowest BCUT2D eigenvalue weighted by atomic mass is 10.1. The molecular weight excluding hydrogens is 316 g/mol. The number of carbonyl (C=O) groups excluding carboxylic acids is 1. The van der Waals surface area contributed by atoms with Gasteiger partial charge in [0.25, 0.3) is 10.0 Å². The van der Waals surface area contributed by atoms with Crippen LogP contribution in [0.3, 0.4) is 0 Å². The van der Waals surface area contributed by atoms with E-state index in [1.54, 1.807) is 30.3 Å². The second-order valence-electron chi connectivity index (χ2n) is 4.66. The molecule has 6 nitrogen and oxygen atoms in total. The summed E-state index contributed by atoms with van der Waals surface area (Å²) in [7, 11) is -3.79. The SMILES string of the molecule is O=C(c1cnco1)c1ccccc1NS(=O)(=O)c1ccccc1. The van der Waals surface area contributed by atoms with Crippen LogP contribution < -0.4 is 4.72 Å². The fraction of sp³-hybridized carbons (Fsp3) is 0. The summed E-state index contributed by atoms with van der Waals surface area (Å²) in [6, 6.07) is 14.2. The van der Waals surface area contributed by atoms with E-state index in [1.165, 1.54) is 30.5 Å². The number of sulfonamides is 1. The summed E-state index contributed by atoms with van der Waals surface area (Å²) in [5.41, 5.74) is 0.363. The fourth-order valence-electron chi connectivity index (χ4n) is 2.03. The topological polar surface area (TPSA) is 89.3 Å². The minimum absolute atomic E-state index is 0.0383. The predicted molar refractivity (Wildman–Crippen MR) is 83.6 cm³/mol. The highest BCUT2D eigenvalue weighted by atomic mass is 32.2. The molecule has 116 valence electrons. The van der Waals surface area contributed by atoms with Crippen molar-refractivity contribution in [2.75, 3.05) is 4.72 Å². The Kier molecular flexibility index (Phi) is 3.94. The quantitative estimate of drug-likeness (QED) is 0.727. The number of rotatable bonds is 5. The second-order valence-corrected chi connectivity index (χ2v) is 6.34. The van der Waals surface area contributed by atoms with E-state index in [2.05, 4.69) is 9.71 Å². The Hall–Kier alpha value is -2.93. The minimum atomic E-state index is -3.79. The lowest BCUT2D eigenvalue weighted by Crippen LogP contribution is -2.15. The number of para-hydroxylation sites is 1. The number of nitrogens with one attached hydrogen (secondary N) is 1. The Morgan fingerprint density at radius 3 is 2.39 bits per heavy atom. The number of anilines is 1.